The lowest BCUT2D eigenvalue weighted by atomic mass is 10.1. The Hall–Kier alpha value is -4.86. The van der Waals surface area contributed by atoms with Crippen LogP contribution < -0.4 is 5.32 Å². The lowest BCUT2D eigenvalue weighted by Crippen LogP contribution is -2.11. The number of unbranched alkanes of at least 4 members (excludes halogenated alkanes) is 1. The molecular weight excluding hydrogens is 456 g/mol. The number of anilines is 1. The first kappa shape index (κ1) is 21.7. The highest BCUT2D eigenvalue weighted by Gasteiger charge is 2.17. The zero-order valence-corrected chi connectivity index (χ0v) is 19.4. The minimum atomic E-state index is -0.0227. The van der Waals surface area contributed by atoms with E-state index in [0.29, 0.717) is 29.3 Å². The summed E-state index contributed by atoms with van der Waals surface area (Å²) in [6.07, 6.45) is 12.4. The highest BCUT2D eigenvalue weighted by Crippen LogP contribution is 2.32. The van der Waals surface area contributed by atoms with E-state index in [2.05, 4.69) is 42.4 Å². The summed E-state index contributed by atoms with van der Waals surface area (Å²) < 4.78 is 5.23. The number of carbonyl (C=O) groups is 1. The molecule has 178 valence electrons. The highest BCUT2D eigenvalue weighted by atomic mass is 16.3. The first-order valence-electron chi connectivity index (χ1n) is 11.7. The number of carbonyl (C=O) groups excluding carboxylic acids is 1. The van der Waals surface area contributed by atoms with Crippen molar-refractivity contribution in [3.05, 3.63) is 61.6 Å². The number of fused-ring (bicyclic) bond motifs is 2. The average molecular weight is 479 g/mol. The van der Waals surface area contributed by atoms with Crippen molar-refractivity contribution in [3.8, 4) is 34.0 Å². The number of H-pyrrole nitrogens is 2. The molecule has 6 heterocycles. The van der Waals surface area contributed by atoms with E-state index in [1.165, 1.54) is 0 Å². The van der Waals surface area contributed by atoms with Crippen LogP contribution in [0.3, 0.4) is 0 Å². The second-order valence-corrected chi connectivity index (χ2v) is 8.45. The minimum Gasteiger partial charge on any atom is -0.472 e. The third-order valence-corrected chi connectivity index (χ3v) is 5.94. The molecule has 0 atom stereocenters. The Balaban J connectivity index is 1.37. The Morgan fingerprint density at radius 1 is 1.06 bits per heavy atom. The molecule has 1 amide bonds. The SMILES string of the molecule is CCCCC(=O)Nc1cncc(-c2cc3c(-c4nc5c(-c6ccoc6)nccc5[nH]4)n[nH]c3cn2)c1. The van der Waals surface area contributed by atoms with Crippen LogP contribution in [0.5, 0.6) is 0 Å². The smallest absolute Gasteiger partial charge is 0.224 e. The largest absolute Gasteiger partial charge is 0.472 e. The van der Waals surface area contributed by atoms with E-state index in [-0.39, 0.29) is 5.91 Å². The van der Waals surface area contributed by atoms with Gasteiger partial charge < -0.3 is 14.7 Å². The molecule has 10 heteroatoms. The molecule has 6 rings (SSSR count). The van der Waals surface area contributed by atoms with Crippen LogP contribution >= 0.6 is 0 Å². The number of pyridine rings is 3. The van der Waals surface area contributed by atoms with Gasteiger partial charge in [0.25, 0.3) is 0 Å². The van der Waals surface area contributed by atoms with Gasteiger partial charge >= 0.3 is 0 Å². The quantitative estimate of drug-likeness (QED) is 0.281. The summed E-state index contributed by atoms with van der Waals surface area (Å²) >= 11 is 0. The first-order chi connectivity index (χ1) is 17.7. The standard InChI is InChI=1S/C26H22N8O2/c1-2-3-4-22(35)30-17-9-16(11-27-12-17)20-10-18-21(13-29-20)33-34-24(18)26-31-19-5-7-28-23(25(19)32-26)15-6-8-36-14-15/h5-14H,2-4H2,1H3,(H,30,35)(H,31,32)(H,33,34). The molecule has 0 aliphatic heterocycles. The van der Waals surface area contributed by atoms with Crippen molar-refractivity contribution in [1.82, 2.24) is 35.1 Å². The van der Waals surface area contributed by atoms with Crippen LogP contribution in [0, 0.1) is 0 Å². The number of aromatic amines is 2. The van der Waals surface area contributed by atoms with Gasteiger partial charge in [-0.05, 0) is 30.7 Å². The van der Waals surface area contributed by atoms with Crippen molar-refractivity contribution in [1.29, 1.82) is 0 Å². The van der Waals surface area contributed by atoms with Gasteiger partial charge in [-0.15, -0.1) is 0 Å². The minimum absolute atomic E-state index is 0.0227. The van der Waals surface area contributed by atoms with Crippen LogP contribution in [0.4, 0.5) is 5.69 Å². The molecule has 0 unspecified atom stereocenters. The van der Waals surface area contributed by atoms with E-state index < -0.39 is 0 Å². The van der Waals surface area contributed by atoms with E-state index in [4.69, 9.17) is 9.40 Å². The van der Waals surface area contributed by atoms with Crippen molar-refractivity contribution in [2.75, 3.05) is 5.32 Å². The fourth-order valence-corrected chi connectivity index (χ4v) is 4.12. The molecule has 0 radical (unpaired) electrons. The van der Waals surface area contributed by atoms with Gasteiger partial charge in [-0.25, -0.2) is 4.98 Å². The predicted octanol–water partition coefficient (Wildman–Crippen LogP) is 5.35. The Kier molecular flexibility index (Phi) is 5.45. The van der Waals surface area contributed by atoms with Crippen LogP contribution in [0.25, 0.3) is 56.0 Å². The monoisotopic (exact) mass is 478 g/mol. The number of nitrogens with zero attached hydrogens (tertiary/aromatic N) is 5. The topological polar surface area (TPSA) is 138 Å². The van der Waals surface area contributed by atoms with E-state index >= 15 is 0 Å². The van der Waals surface area contributed by atoms with Crippen LogP contribution in [0.15, 0.2) is 66.0 Å². The average Bonchev–Trinajstić information content (AvgIpc) is 3.66. The number of hydrogen-bond acceptors (Lipinski definition) is 7. The molecule has 0 fully saturated rings. The van der Waals surface area contributed by atoms with Gasteiger partial charge in [-0.2, -0.15) is 5.10 Å². The van der Waals surface area contributed by atoms with Gasteiger partial charge in [-0.3, -0.25) is 24.8 Å². The van der Waals surface area contributed by atoms with Crippen LogP contribution in [-0.4, -0.2) is 41.0 Å². The number of rotatable bonds is 7. The van der Waals surface area contributed by atoms with Crippen LogP contribution in [0.1, 0.15) is 26.2 Å². The second-order valence-electron chi connectivity index (χ2n) is 8.45. The van der Waals surface area contributed by atoms with Crippen molar-refractivity contribution in [2.45, 2.75) is 26.2 Å². The molecule has 36 heavy (non-hydrogen) atoms. The molecular formula is C26H22N8O2. The summed E-state index contributed by atoms with van der Waals surface area (Å²) in [6, 6.07) is 7.54. The second kappa shape index (κ2) is 9.06. The number of nitrogens with one attached hydrogen (secondary N) is 3. The van der Waals surface area contributed by atoms with Gasteiger partial charge in [0.05, 0.1) is 47.3 Å². The van der Waals surface area contributed by atoms with Crippen molar-refractivity contribution in [2.24, 2.45) is 0 Å². The van der Waals surface area contributed by atoms with Crippen molar-refractivity contribution in [3.63, 3.8) is 0 Å². The Bertz CT molecular complexity index is 1680. The third kappa shape index (κ3) is 3.98. The molecule has 0 aliphatic carbocycles. The van der Waals surface area contributed by atoms with Crippen LogP contribution in [-0.2, 0) is 4.79 Å². The van der Waals surface area contributed by atoms with Gasteiger partial charge in [0.15, 0.2) is 5.82 Å². The Morgan fingerprint density at radius 3 is 2.86 bits per heavy atom. The zero-order valence-electron chi connectivity index (χ0n) is 19.4. The summed E-state index contributed by atoms with van der Waals surface area (Å²) in [6.45, 7) is 2.06. The Labute approximate surface area is 205 Å². The number of furan rings is 1. The molecule has 10 nitrogen and oxygen atoms in total. The van der Waals surface area contributed by atoms with Gasteiger partial charge in [0.2, 0.25) is 5.91 Å². The molecule has 0 saturated carbocycles. The van der Waals surface area contributed by atoms with Crippen molar-refractivity contribution >= 4 is 33.5 Å². The molecule has 0 spiro atoms. The molecule has 3 N–H and O–H groups in total. The predicted molar refractivity (Wildman–Crippen MR) is 136 cm³/mol. The summed E-state index contributed by atoms with van der Waals surface area (Å²) in [5.74, 6) is 0.590. The van der Waals surface area contributed by atoms with Gasteiger partial charge in [0.1, 0.15) is 16.9 Å². The molecule has 0 bridgehead atoms. The number of hydrogen-bond donors (Lipinski definition) is 3. The van der Waals surface area contributed by atoms with Crippen molar-refractivity contribution < 1.29 is 9.21 Å². The molecule has 0 saturated heterocycles. The van der Waals surface area contributed by atoms with Gasteiger partial charge in [-0.1, -0.05) is 13.3 Å². The normalized spacial score (nSPS) is 11.4. The maximum absolute atomic E-state index is 12.1. The molecule has 0 aliphatic rings. The fourth-order valence-electron chi connectivity index (χ4n) is 4.12. The molecule has 6 aromatic rings. The van der Waals surface area contributed by atoms with Gasteiger partial charge in [0, 0.05) is 35.3 Å². The third-order valence-electron chi connectivity index (χ3n) is 5.94. The summed E-state index contributed by atoms with van der Waals surface area (Å²) in [4.78, 5) is 33.7. The highest BCUT2D eigenvalue weighted by molar-refractivity contribution is 5.97. The number of aromatic nitrogens is 7. The Morgan fingerprint density at radius 2 is 2.00 bits per heavy atom. The first-order valence-corrected chi connectivity index (χ1v) is 11.7. The molecule has 6 aromatic heterocycles. The van der Waals surface area contributed by atoms with E-state index in [1.54, 1.807) is 37.3 Å². The number of amides is 1. The maximum Gasteiger partial charge on any atom is 0.224 e. The lowest BCUT2D eigenvalue weighted by molar-refractivity contribution is -0.116. The van der Waals surface area contributed by atoms with E-state index in [0.717, 1.165) is 51.6 Å². The number of imidazole rings is 1. The van der Waals surface area contributed by atoms with E-state index in [9.17, 15) is 4.79 Å². The summed E-state index contributed by atoms with van der Waals surface area (Å²) in [5, 5.41) is 11.3. The van der Waals surface area contributed by atoms with Crippen LogP contribution in [0.2, 0.25) is 0 Å². The van der Waals surface area contributed by atoms with E-state index in [1.807, 2.05) is 24.3 Å². The lowest BCUT2D eigenvalue weighted by Gasteiger charge is -2.07. The fraction of sp³-hybridized carbons (Fsp3) is 0.154. The summed E-state index contributed by atoms with van der Waals surface area (Å²) in [5.41, 5.74) is 6.74. The maximum atomic E-state index is 12.1. The zero-order chi connectivity index (χ0) is 24.5. The summed E-state index contributed by atoms with van der Waals surface area (Å²) in [7, 11) is 0. The molecule has 0 aromatic carbocycles.